The van der Waals surface area contributed by atoms with Crippen LogP contribution in [0.3, 0.4) is 0 Å². The van der Waals surface area contributed by atoms with E-state index in [2.05, 4.69) is 24.0 Å². The van der Waals surface area contributed by atoms with Gasteiger partial charge >= 0.3 is 0 Å². The number of nitrogens with zero attached hydrogens (tertiary/aromatic N) is 1. The number of carbonyl (C=O) groups excluding carboxylic acids is 1. The van der Waals surface area contributed by atoms with Crippen LogP contribution in [-0.4, -0.2) is 32.1 Å². The van der Waals surface area contributed by atoms with E-state index in [1.54, 1.807) is 58.1 Å². The summed E-state index contributed by atoms with van der Waals surface area (Å²) in [5.41, 5.74) is 5.96. The lowest BCUT2D eigenvalue weighted by atomic mass is 9.96. The van der Waals surface area contributed by atoms with Crippen LogP contribution in [0.5, 0.6) is 17.2 Å². The summed E-state index contributed by atoms with van der Waals surface area (Å²) in [5, 5.41) is 0. The van der Waals surface area contributed by atoms with Gasteiger partial charge in [-0.2, -0.15) is 0 Å². The molecule has 0 aliphatic rings. The molecule has 0 fully saturated rings. The van der Waals surface area contributed by atoms with Gasteiger partial charge in [-0.15, -0.1) is 0 Å². The lowest BCUT2D eigenvalue weighted by Gasteiger charge is -2.12. The number of allylic oxidation sites excluding steroid dienone is 1. The van der Waals surface area contributed by atoms with E-state index in [0.717, 1.165) is 33.4 Å². The van der Waals surface area contributed by atoms with Gasteiger partial charge in [0.25, 0.3) is 0 Å². The predicted octanol–water partition coefficient (Wildman–Crippen LogP) is 6.17. The molecule has 0 saturated carbocycles. The van der Waals surface area contributed by atoms with Gasteiger partial charge in [0.05, 0.1) is 27.5 Å². The van der Waals surface area contributed by atoms with Crippen LogP contribution in [0.2, 0.25) is 0 Å². The lowest BCUT2D eigenvalue weighted by Crippen LogP contribution is -1.99. The van der Waals surface area contributed by atoms with Crippen LogP contribution < -0.4 is 14.2 Å². The Morgan fingerprint density at radius 2 is 1.60 bits per heavy atom. The van der Waals surface area contributed by atoms with E-state index in [4.69, 9.17) is 18.6 Å². The van der Waals surface area contributed by atoms with Crippen molar-refractivity contribution >= 4 is 11.9 Å². The predicted molar refractivity (Wildman–Crippen MR) is 136 cm³/mol. The number of methoxy groups -OCH3 is 3. The third kappa shape index (κ3) is 5.44. The van der Waals surface area contributed by atoms with Crippen molar-refractivity contribution in [2.45, 2.75) is 13.3 Å². The van der Waals surface area contributed by atoms with E-state index in [0.29, 0.717) is 29.6 Å². The molecule has 1 aromatic heterocycles. The zero-order valence-corrected chi connectivity index (χ0v) is 20.2. The van der Waals surface area contributed by atoms with Gasteiger partial charge in [0, 0.05) is 12.0 Å². The van der Waals surface area contributed by atoms with E-state index < -0.39 is 0 Å². The number of aromatic nitrogens is 1. The van der Waals surface area contributed by atoms with Gasteiger partial charge < -0.3 is 18.6 Å². The highest BCUT2D eigenvalue weighted by Crippen LogP contribution is 2.38. The molecule has 178 valence electrons. The van der Waals surface area contributed by atoms with Gasteiger partial charge in [0.2, 0.25) is 11.6 Å². The number of oxazole rings is 1. The standard InChI is InChI=1S/C29H27NO5/c1-19-5-9-23(29-30-13-14-35-29)18-25(19)22-10-6-20(7-11-22)15-24(31)12-8-21-16-26(32-2)28(34-4)27(17-21)33-3/h5-14,16-18H,15H2,1-4H3/b12-8+. The molecule has 4 aromatic rings. The van der Waals surface area contributed by atoms with Gasteiger partial charge in [0.15, 0.2) is 17.3 Å². The highest BCUT2D eigenvalue weighted by Gasteiger charge is 2.12. The Bertz CT molecular complexity index is 1310. The van der Waals surface area contributed by atoms with Gasteiger partial charge in [0.1, 0.15) is 6.26 Å². The topological polar surface area (TPSA) is 70.8 Å². The summed E-state index contributed by atoms with van der Waals surface area (Å²) in [6, 6.07) is 17.8. The van der Waals surface area contributed by atoms with Crippen LogP contribution in [0.15, 0.2) is 77.6 Å². The molecular formula is C29H27NO5. The molecule has 0 aliphatic carbocycles. The van der Waals surface area contributed by atoms with Crippen LogP contribution in [-0.2, 0) is 11.2 Å². The molecule has 1 heterocycles. The van der Waals surface area contributed by atoms with Crippen molar-refractivity contribution in [1.82, 2.24) is 4.98 Å². The number of hydrogen-bond acceptors (Lipinski definition) is 6. The Labute approximate surface area is 204 Å². The van der Waals surface area contributed by atoms with Crippen LogP contribution in [0, 0.1) is 6.92 Å². The van der Waals surface area contributed by atoms with Crippen molar-refractivity contribution in [3.8, 4) is 39.8 Å². The lowest BCUT2D eigenvalue weighted by molar-refractivity contribution is -0.113. The Morgan fingerprint density at radius 3 is 2.20 bits per heavy atom. The first-order valence-corrected chi connectivity index (χ1v) is 11.1. The van der Waals surface area contributed by atoms with E-state index in [9.17, 15) is 4.79 Å². The van der Waals surface area contributed by atoms with Crippen molar-refractivity contribution in [2.75, 3.05) is 21.3 Å². The molecule has 4 rings (SSSR count). The zero-order valence-electron chi connectivity index (χ0n) is 20.2. The normalized spacial score (nSPS) is 11.0. The van der Waals surface area contributed by atoms with E-state index in [1.807, 2.05) is 30.3 Å². The SMILES string of the molecule is COc1cc(/C=C/C(=O)Cc2ccc(-c3cc(-c4ncco4)ccc3C)cc2)cc(OC)c1OC. The molecular weight excluding hydrogens is 442 g/mol. The van der Waals surface area contributed by atoms with E-state index in [-0.39, 0.29) is 5.78 Å². The summed E-state index contributed by atoms with van der Waals surface area (Å²) in [4.78, 5) is 16.8. The Morgan fingerprint density at radius 1 is 0.914 bits per heavy atom. The second-order valence-corrected chi connectivity index (χ2v) is 8.00. The average molecular weight is 470 g/mol. The average Bonchev–Trinajstić information content (AvgIpc) is 3.42. The van der Waals surface area contributed by atoms with Crippen molar-refractivity contribution < 1.29 is 23.4 Å². The first-order chi connectivity index (χ1) is 17.0. The third-order valence-electron chi connectivity index (χ3n) is 5.71. The number of benzene rings is 3. The van der Waals surface area contributed by atoms with Crippen molar-refractivity contribution in [1.29, 1.82) is 0 Å². The van der Waals surface area contributed by atoms with Crippen molar-refractivity contribution in [3.05, 3.63) is 89.8 Å². The first kappa shape index (κ1) is 23.8. The van der Waals surface area contributed by atoms with E-state index in [1.165, 1.54) is 0 Å². The molecule has 0 spiro atoms. The first-order valence-electron chi connectivity index (χ1n) is 11.1. The number of aryl methyl sites for hydroxylation is 1. The summed E-state index contributed by atoms with van der Waals surface area (Å²) < 4.78 is 21.5. The smallest absolute Gasteiger partial charge is 0.225 e. The fourth-order valence-corrected chi connectivity index (χ4v) is 3.88. The minimum atomic E-state index is -0.00595. The van der Waals surface area contributed by atoms with Crippen LogP contribution >= 0.6 is 0 Å². The summed E-state index contributed by atoms with van der Waals surface area (Å²) in [5.74, 6) is 2.18. The summed E-state index contributed by atoms with van der Waals surface area (Å²) in [7, 11) is 4.68. The van der Waals surface area contributed by atoms with Crippen LogP contribution in [0.25, 0.3) is 28.7 Å². The zero-order chi connectivity index (χ0) is 24.8. The maximum Gasteiger partial charge on any atom is 0.225 e. The summed E-state index contributed by atoms with van der Waals surface area (Å²) in [6.07, 6.45) is 6.82. The maximum atomic E-state index is 12.6. The fourth-order valence-electron chi connectivity index (χ4n) is 3.88. The minimum Gasteiger partial charge on any atom is -0.493 e. The monoisotopic (exact) mass is 469 g/mol. The number of rotatable bonds is 9. The molecule has 0 bridgehead atoms. The molecule has 3 aromatic carbocycles. The number of ketones is 1. The maximum absolute atomic E-state index is 12.6. The molecule has 0 N–H and O–H groups in total. The van der Waals surface area contributed by atoms with Gasteiger partial charge in [-0.1, -0.05) is 36.4 Å². The van der Waals surface area contributed by atoms with Crippen LogP contribution in [0.4, 0.5) is 0 Å². The molecule has 35 heavy (non-hydrogen) atoms. The third-order valence-corrected chi connectivity index (χ3v) is 5.71. The molecule has 6 nitrogen and oxygen atoms in total. The molecule has 0 saturated heterocycles. The molecule has 0 amide bonds. The largest absolute Gasteiger partial charge is 0.493 e. The van der Waals surface area contributed by atoms with Crippen molar-refractivity contribution in [3.63, 3.8) is 0 Å². The summed E-state index contributed by atoms with van der Waals surface area (Å²) >= 11 is 0. The quantitative estimate of drug-likeness (QED) is 0.273. The molecule has 0 aliphatic heterocycles. The minimum absolute atomic E-state index is 0.00595. The number of ether oxygens (including phenoxy) is 3. The van der Waals surface area contributed by atoms with Gasteiger partial charge in [-0.3, -0.25) is 4.79 Å². The Hall–Kier alpha value is -4.32. The molecule has 0 unspecified atom stereocenters. The Balaban J connectivity index is 1.47. The van der Waals surface area contributed by atoms with Gasteiger partial charge in [-0.25, -0.2) is 4.98 Å². The second kappa shape index (κ2) is 10.7. The molecule has 0 radical (unpaired) electrons. The highest BCUT2D eigenvalue weighted by molar-refractivity contribution is 5.95. The summed E-state index contributed by atoms with van der Waals surface area (Å²) in [6.45, 7) is 2.07. The number of carbonyl (C=O) groups is 1. The van der Waals surface area contributed by atoms with Crippen molar-refractivity contribution in [2.24, 2.45) is 0 Å². The number of hydrogen-bond donors (Lipinski definition) is 0. The molecule has 0 atom stereocenters. The van der Waals surface area contributed by atoms with Crippen LogP contribution in [0.1, 0.15) is 16.7 Å². The highest BCUT2D eigenvalue weighted by atomic mass is 16.5. The van der Waals surface area contributed by atoms with E-state index >= 15 is 0 Å². The van der Waals surface area contributed by atoms with Gasteiger partial charge in [-0.05, 0) is 65.1 Å². The second-order valence-electron chi connectivity index (χ2n) is 8.00. The fraction of sp³-hybridized carbons (Fsp3) is 0.172. The molecule has 6 heteroatoms. The Kier molecular flexibility index (Phi) is 7.31.